The summed E-state index contributed by atoms with van der Waals surface area (Å²) in [5.74, 6) is -0.705. The zero-order valence-corrected chi connectivity index (χ0v) is 34.7. The van der Waals surface area contributed by atoms with E-state index in [0.717, 1.165) is 94.1 Å². The lowest BCUT2D eigenvalue weighted by molar-refractivity contribution is -0.134. The summed E-state index contributed by atoms with van der Waals surface area (Å²) in [5, 5.41) is 18.0. The van der Waals surface area contributed by atoms with E-state index in [1.807, 2.05) is 78.2 Å². The number of aryl methyl sites for hydroxylation is 2. The first-order chi connectivity index (χ1) is 28.8. The minimum atomic E-state index is -0.391. The van der Waals surface area contributed by atoms with Crippen molar-refractivity contribution in [2.75, 3.05) is 24.5 Å². The third kappa shape index (κ3) is 7.53. The molecule has 3 fully saturated rings. The Morgan fingerprint density at radius 2 is 1.83 bits per heavy atom. The summed E-state index contributed by atoms with van der Waals surface area (Å²) < 4.78 is 5.31. The molecule has 3 aliphatic rings. The van der Waals surface area contributed by atoms with Crippen molar-refractivity contribution >= 4 is 34.4 Å². The maximum atomic E-state index is 12.9. The van der Waals surface area contributed by atoms with E-state index in [0.29, 0.717) is 36.5 Å². The number of fused-ring (bicyclic) bond motifs is 3. The molecule has 3 amide bonds. The molecule has 15 heteroatoms. The molecule has 4 atom stereocenters. The summed E-state index contributed by atoms with van der Waals surface area (Å²) >= 11 is 0. The zero-order chi connectivity index (χ0) is 41.9. The van der Waals surface area contributed by atoms with Gasteiger partial charge >= 0.3 is 0 Å². The highest BCUT2D eigenvalue weighted by Gasteiger charge is 2.43. The van der Waals surface area contributed by atoms with Crippen LogP contribution in [0.1, 0.15) is 104 Å². The predicted octanol–water partition coefficient (Wildman–Crippen LogP) is 5.90. The van der Waals surface area contributed by atoms with Crippen LogP contribution in [0.15, 0.2) is 65.4 Å². The van der Waals surface area contributed by atoms with Crippen molar-refractivity contribution in [1.82, 2.24) is 50.8 Å². The minimum absolute atomic E-state index is 0.0155. The fourth-order valence-corrected chi connectivity index (χ4v) is 8.98. The molecular formula is C45H49N11O4. The second kappa shape index (κ2) is 15.4. The molecule has 8 heterocycles. The molecule has 0 saturated carbocycles. The number of nitrogens with one attached hydrogen (secondary N) is 3. The van der Waals surface area contributed by atoms with Crippen LogP contribution in [0.5, 0.6) is 0 Å². The second-order valence-electron chi connectivity index (χ2n) is 17.5. The van der Waals surface area contributed by atoms with Gasteiger partial charge in [0.05, 0.1) is 29.5 Å². The second-order valence-corrected chi connectivity index (χ2v) is 17.5. The number of amides is 3. The SMILES string of the molecule is Cc1cc(-c2n[nH]c3ncc(-c4ccc(N5CC6CC5CN6CCc5ccc(C6CCC(=O)NC6=O)c(C)n5)cn4)cc23)ccc1C(C)NC(=O)c1noc(C(C)(C)C)n1. The summed E-state index contributed by atoms with van der Waals surface area (Å²) in [6, 6.07) is 17.1. The summed E-state index contributed by atoms with van der Waals surface area (Å²) in [7, 11) is 0. The number of carbonyl (C=O) groups is 3. The van der Waals surface area contributed by atoms with Crippen molar-refractivity contribution in [3.8, 4) is 22.5 Å². The number of carbonyl (C=O) groups excluding carboxylic acids is 3. The Bertz CT molecular complexity index is 2630. The maximum absolute atomic E-state index is 12.9. The zero-order valence-electron chi connectivity index (χ0n) is 34.7. The number of hydrogen-bond donors (Lipinski definition) is 3. The highest BCUT2D eigenvalue weighted by atomic mass is 16.5. The number of piperidine rings is 1. The van der Waals surface area contributed by atoms with Crippen LogP contribution in [0.4, 0.5) is 5.69 Å². The molecule has 4 unspecified atom stereocenters. The summed E-state index contributed by atoms with van der Waals surface area (Å²) in [6.45, 7) is 14.7. The van der Waals surface area contributed by atoms with Gasteiger partial charge < -0.3 is 14.7 Å². The monoisotopic (exact) mass is 807 g/mol. The molecule has 3 aliphatic heterocycles. The van der Waals surface area contributed by atoms with E-state index in [9.17, 15) is 14.4 Å². The van der Waals surface area contributed by atoms with Crippen molar-refractivity contribution in [1.29, 1.82) is 0 Å². The fraction of sp³-hybridized carbons (Fsp3) is 0.400. The number of hydrogen-bond acceptors (Lipinski definition) is 12. The molecule has 15 nitrogen and oxygen atoms in total. The highest BCUT2D eigenvalue weighted by molar-refractivity contribution is 6.01. The number of likely N-dealkylation sites (tertiary alicyclic amines) is 1. The van der Waals surface area contributed by atoms with Crippen LogP contribution in [0.2, 0.25) is 0 Å². The van der Waals surface area contributed by atoms with Gasteiger partial charge in [0.15, 0.2) is 5.65 Å². The highest BCUT2D eigenvalue weighted by Crippen LogP contribution is 2.36. The van der Waals surface area contributed by atoms with Gasteiger partial charge in [0.2, 0.25) is 17.7 Å². The van der Waals surface area contributed by atoms with E-state index < -0.39 is 5.91 Å². The third-order valence-electron chi connectivity index (χ3n) is 12.2. The molecule has 0 aliphatic carbocycles. The van der Waals surface area contributed by atoms with Gasteiger partial charge in [-0.1, -0.05) is 44.1 Å². The van der Waals surface area contributed by atoms with Crippen molar-refractivity contribution in [3.05, 3.63) is 101 Å². The van der Waals surface area contributed by atoms with Crippen molar-refractivity contribution in [2.45, 2.75) is 96.7 Å². The Labute approximate surface area is 347 Å². The average molecular weight is 808 g/mol. The smallest absolute Gasteiger partial charge is 0.293 e. The quantitative estimate of drug-likeness (QED) is 0.139. The number of imide groups is 1. The van der Waals surface area contributed by atoms with Gasteiger partial charge in [-0.15, -0.1) is 0 Å². The Kier molecular flexibility index (Phi) is 10.0. The van der Waals surface area contributed by atoms with Crippen LogP contribution in [-0.4, -0.2) is 89.6 Å². The van der Waals surface area contributed by atoms with E-state index in [-0.39, 0.29) is 35.0 Å². The number of H-pyrrole nitrogens is 1. The van der Waals surface area contributed by atoms with Crippen LogP contribution >= 0.6 is 0 Å². The average Bonchev–Trinajstić information content (AvgIpc) is 4.05. The molecule has 6 aromatic rings. The van der Waals surface area contributed by atoms with E-state index >= 15 is 0 Å². The number of aromatic nitrogens is 7. The van der Waals surface area contributed by atoms with Crippen LogP contribution in [-0.2, 0) is 21.4 Å². The third-order valence-corrected chi connectivity index (χ3v) is 12.2. The van der Waals surface area contributed by atoms with Gasteiger partial charge in [-0.3, -0.25) is 39.7 Å². The first-order valence-corrected chi connectivity index (χ1v) is 20.7. The molecule has 0 radical (unpaired) electrons. The van der Waals surface area contributed by atoms with Crippen molar-refractivity contribution < 1.29 is 18.9 Å². The number of piperazine rings is 1. The van der Waals surface area contributed by atoms with Gasteiger partial charge in [0.25, 0.3) is 11.7 Å². The van der Waals surface area contributed by atoms with E-state index in [1.54, 1.807) is 0 Å². The molecular weight excluding hydrogens is 759 g/mol. The van der Waals surface area contributed by atoms with E-state index in [1.165, 1.54) is 0 Å². The first kappa shape index (κ1) is 39.1. The van der Waals surface area contributed by atoms with Crippen LogP contribution in [0, 0.1) is 13.8 Å². The Morgan fingerprint density at radius 3 is 2.53 bits per heavy atom. The molecule has 9 rings (SSSR count). The van der Waals surface area contributed by atoms with Gasteiger partial charge in [0, 0.05) is 84.1 Å². The lowest BCUT2D eigenvalue weighted by Gasteiger charge is -2.35. The Morgan fingerprint density at radius 1 is 0.983 bits per heavy atom. The standard InChI is InChI=1S/C45H49N11O4/c1-24-17-27(7-10-33(24)25(2)49-43(59)41-51-44(60-54-41)45(4,5)6)39-36-18-28(20-47-40(36)53-52-39)37-13-9-30(21-46-37)56-23-31-19-32(56)22-55(31)16-15-29-8-11-34(26(3)48-29)35-12-14-38(57)50-42(35)58/h7-11,13,17-18,20-21,25,31-32,35H,12,14-16,19,22-23H2,1-6H3,(H,49,59)(H,47,52,53)(H,50,57,58). The number of rotatable bonds is 10. The van der Waals surface area contributed by atoms with Crippen molar-refractivity contribution in [3.63, 3.8) is 0 Å². The molecule has 3 saturated heterocycles. The number of nitrogens with zero attached hydrogens (tertiary/aromatic N) is 8. The largest absolute Gasteiger partial charge is 0.364 e. The predicted molar refractivity (Wildman–Crippen MR) is 225 cm³/mol. The maximum Gasteiger partial charge on any atom is 0.293 e. The summed E-state index contributed by atoms with van der Waals surface area (Å²) in [6.07, 6.45) is 6.66. The normalized spacial score (nSPS) is 19.9. The molecule has 60 heavy (non-hydrogen) atoms. The van der Waals surface area contributed by atoms with Crippen LogP contribution in [0.25, 0.3) is 33.5 Å². The molecule has 2 bridgehead atoms. The Hall–Kier alpha value is -6.35. The fourth-order valence-electron chi connectivity index (χ4n) is 8.98. The van der Waals surface area contributed by atoms with Gasteiger partial charge in [0.1, 0.15) is 5.69 Å². The number of anilines is 1. The van der Waals surface area contributed by atoms with E-state index in [4.69, 9.17) is 19.5 Å². The minimum Gasteiger partial charge on any atom is -0.364 e. The molecule has 308 valence electrons. The number of aromatic amines is 1. The van der Waals surface area contributed by atoms with Crippen LogP contribution in [0.3, 0.4) is 0 Å². The lowest BCUT2D eigenvalue weighted by atomic mass is 9.89. The molecule has 0 spiro atoms. The molecule has 3 N–H and O–H groups in total. The lowest BCUT2D eigenvalue weighted by Crippen LogP contribution is -2.47. The molecule has 1 aromatic carbocycles. The Balaban J connectivity index is 0.822. The summed E-state index contributed by atoms with van der Waals surface area (Å²) in [4.78, 5) is 60.8. The van der Waals surface area contributed by atoms with Gasteiger partial charge in [-0.25, -0.2) is 4.98 Å². The topological polar surface area (TPSA) is 188 Å². The van der Waals surface area contributed by atoms with Gasteiger partial charge in [-0.2, -0.15) is 10.1 Å². The van der Waals surface area contributed by atoms with Gasteiger partial charge in [-0.05, 0) is 80.6 Å². The van der Waals surface area contributed by atoms with E-state index in [2.05, 4.69) is 65.0 Å². The molecule has 5 aromatic heterocycles. The van der Waals surface area contributed by atoms with Crippen LogP contribution < -0.4 is 15.5 Å². The first-order valence-electron chi connectivity index (χ1n) is 20.7. The summed E-state index contributed by atoms with van der Waals surface area (Å²) in [5.41, 5.74) is 9.70. The number of benzene rings is 1. The number of pyridine rings is 3. The van der Waals surface area contributed by atoms with Crippen molar-refractivity contribution in [2.24, 2.45) is 0 Å².